The number of ketones is 2. The molecule has 5 nitrogen and oxygen atoms in total. The van der Waals surface area contributed by atoms with Crippen LogP contribution in [0.2, 0.25) is 0 Å². The van der Waals surface area contributed by atoms with Crippen LogP contribution in [-0.2, 0) is 11.2 Å². The molecule has 2 aromatic carbocycles. The fourth-order valence-corrected chi connectivity index (χ4v) is 2.48. The second-order valence-corrected chi connectivity index (χ2v) is 7.05. The summed E-state index contributed by atoms with van der Waals surface area (Å²) in [4.78, 5) is 34.8. The molecule has 0 bridgehead atoms. The number of benzene rings is 2. The largest absolute Gasteiger partial charge is 0.382 e. The van der Waals surface area contributed by atoms with Gasteiger partial charge < -0.3 is 10.2 Å². The quantitative estimate of drug-likeness (QED) is 0.452. The van der Waals surface area contributed by atoms with Gasteiger partial charge >= 0.3 is 0 Å². The van der Waals surface area contributed by atoms with Crippen LogP contribution in [0, 0.1) is 0 Å². The smallest absolute Gasteiger partial charge is 0.201 e. The maximum absolute atomic E-state index is 12.0. The minimum absolute atomic E-state index is 0.222. The molecule has 1 atom stereocenters. The summed E-state index contributed by atoms with van der Waals surface area (Å²) < 4.78 is 0. The highest BCUT2D eigenvalue weighted by Crippen LogP contribution is 2.17. The number of hydrogen-bond donors (Lipinski definition) is 2. The molecule has 0 aliphatic heterocycles. The fourth-order valence-electron chi connectivity index (χ4n) is 2.48. The molecule has 2 rings (SSSR count). The molecule has 0 amide bonds. The standard InChI is InChI=1S/C21H22O5/c1-20(2,25)18(23)16-8-4-14(5-9-16)12-15-6-10-17(11-7-15)19(24)21(3,26)13-22/h4-11,13,25-26H,12H2,1-3H3. The van der Waals surface area contributed by atoms with E-state index in [0.717, 1.165) is 18.1 Å². The monoisotopic (exact) mass is 354 g/mol. The van der Waals surface area contributed by atoms with Gasteiger partial charge in [-0.1, -0.05) is 48.5 Å². The van der Waals surface area contributed by atoms with Gasteiger partial charge in [-0.3, -0.25) is 14.4 Å². The lowest BCUT2D eigenvalue weighted by Crippen LogP contribution is -2.36. The Morgan fingerprint density at radius 3 is 1.54 bits per heavy atom. The molecule has 2 aromatic rings. The highest BCUT2D eigenvalue weighted by atomic mass is 16.3. The van der Waals surface area contributed by atoms with Crippen LogP contribution in [0.15, 0.2) is 48.5 Å². The highest BCUT2D eigenvalue weighted by molar-refractivity contribution is 6.11. The molecular weight excluding hydrogens is 332 g/mol. The average molecular weight is 354 g/mol. The highest BCUT2D eigenvalue weighted by Gasteiger charge is 2.30. The maximum atomic E-state index is 12.0. The third-order valence-corrected chi connectivity index (χ3v) is 4.09. The molecule has 0 aromatic heterocycles. The van der Waals surface area contributed by atoms with Gasteiger partial charge in [-0.2, -0.15) is 0 Å². The van der Waals surface area contributed by atoms with Crippen molar-refractivity contribution >= 4 is 17.9 Å². The van der Waals surface area contributed by atoms with Gasteiger partial charge in [0.2, 0.25) is 5.78 Å². The number of aldehydes is 1. The summed E-state index contributed by atoms with van der Waals surface area (Å²) in [6, 6.07) is 13.6. The third kappa shape index (κ3) is 4.50. The molecule has 0 spiro atoms. The molecule has 1 unspecified atom stereocenters. The van der Waals surface area contributed by atoms with Crippen LogP contribution in [0.3, 0.4) is 0 Å². The first-order valence-corrected chi connectivity index (χ1v) is 8.23. The van der Waals surface area contributed by atoms with Crippen molar-refractivity contribution in [2.75, 3.05) is 0 Å². The van der Waals surface area contributed by atoms with Gasteiger partial charge in [0, 0.05) is 11.1 Å². The third-order valence-electron chi connectivity index (χ3n) is 4.09. The zero-order chi connectivity index (χ0) is 19.5. The van der Waals surface area contributed by atoms with E-state index in [0.29, 0.717) is 12.0 Å². The predicted molar refractivity (Wildman–Crippen MR) is 97.3 cm³/mol. The number of carbonyl (C=O) groups excluding carboxylic acids is 3. The predicted octanol–water partition coefficient (Wildman–Crippen LogP) is 2.36. The molecular formula is C21H22O5. The first-order chi connectivity index (χ1) is 12.0. The maximum Gasteiger partial charge on any atom is 0.201 e. The van der Waals surface area contributed by atoms with Crippen LogP contribution in [0.4, 0.5) is 0 Å². The SMILES string of the molecule is CC(C)(O)C(=O)c1ccc(Cc2ccc(C(=O)C(C)(O)C=O)cc2)cc1. The topological polar surface area (TPSA) is 91.7 Å². The Kier molecular flexibility index (Phi) is 5.54. The Bertz CT molecular complexity index is 809. The lowest BCUT2D eigenvalue weighted by Gasteiger charge is -2.15. The van der Waals surface area contributed by atoms with E-state index in [1.54, 1.807) is 36.4 Å². The Balaban J connectivity index is 2.11. The molecule has 2 N–H and O–H groups in total. The minimum atomic E-state index is -2.02. The van der Waals surface area contributed by atoms with Crippen LogP contribution < -0.4 is 0 Å². The van der Waals surface area contributed by atoms with Crippen molar-refractivity contribution in [2.24, 2.45) is 0 Å². The molecule has 0 fully saturated rings. The average Bonchev–Trinajstić information content (AvgIpc) is 2.61. The summed E-state index contributed by atoms with van der Waals surface area (Å²) in [6.45, 7) is 4.06. The second-order valence-electron chi connectivity index (χ2n) is 7.05. The lowest BCUT2D eigenvalue weighted by atomic mass is 9.93. The molecule has 26 heavy (non-hydrogen) atoms. The molecule has 0 radical (unpaired) electrons. The number of carbonyl (C=O) groups is 3. The number of hydrogen-bond acceptors (Lipinski definition) is 5. The van der Waals surface area contributed by atoms with Crippen molar-refractivity contribution in [3.63, 3.8) is 0 Å². The van der Waals surface area contributed by atoms with Gasteiger partial charge in [-0.05, 0) is 38.3 Å². The number of Topliss-reactive ketones (excluding diaryl/α,β-unsaturated/α-hetero) is 2. The van der Waals surface area contributed by atoms with E-state index in [1.165, 1.54) is 13.8 Å². The van der Waals surface area contributed by atoms with Crippen molar-refractivity contribution in [3.05, 3.63) is 70.8 Å². The summed E-state index contributed by atoms with van der Waals surface area (Å²) in [5.41, 5.74) is -0.822. The van der Waals surface area contributed by atoms with Crippen molar-refractivity contribution in [1.82, 2.24) is 0 Å². The van der Waals surface area contributed by atoms with Gasteiger partial charge in [0.25, 0.3) is 0 Å². The first-order valence-electron chi connectivity index (χ1n) is 8.23. The zero-order valence-electron chi connectivity index (χ0n) is 15.0. The van der Waals surface area contributed by atoms with Gasteiger partial charge in [0.1, 0.15) is 5.60 Å². The van der Waals surface area contributed by atoms with E-state index in [2.05, 4.69) is 0 Å². The van der Waals surface area contributed by atoms with E-state index >= 15 is 0 Å². The zero-order valence-corrected chi connectivity index (χ0v) is 15.0. The Morgan fingerprint density at radius 2 is 1.19 bits per heavy atom. The Morgan fingerprint density at radius 1 is 0.808 bits per heavy atom. The van der Waals surface area contributed by atoms with Crippen molar-refractivity contribution in [2.45, 2.75) is 38.4 Å². The first kappa shape index (κ1) is 19.7. The van der Waals surface area contributed by atoms with E-state index in [-0.39, 0.29) is 17.6 Å². The summed E-state index contributed by atoms with van der Waals surface area (Å²) >= 11 is 0. The summed E-state index contributed by atoms with van der Waals surface area (Å²) in [6.07, 6.45) is 0.815. The summed E-state index contributed by atoms with van der Waals surface area (Å²) in [5.74, 6) is -0.984. The normalized spacial score (nSPS) is 13.7. The molecule has 0 aliphatic rings. The van der Waals surface area contributed by atoms with Gasteiger partial charge in [0.15, 0.2) is 17.7 Å². The van der Waals surface area contributed by atoms with Crippen molar-refractivity contribution in [3.8, 4) is 0 Å². The second kappa shape index (κ2) is 7.32. The fraction of sp³-hybridized carbons (Fsp3) is 0.286. The van der Waals surface area contributed by atoms with Crippen LogP contribution >= 0.6 is 0 Å². The minimum Gasteiger partial charge on any atom is -0.382 e. The molecule has 0 saturated carbocycles. The number of rotatable bonds is 7. The lowest BCUT2D eigenvalue weighted by molar-refractivity contribution is -0.118. The molecule has 5 heteroatoms. The van der Waals surface area contributed by atoms with E-state index < -0.39 is 17.0 Å². The Labute approximate surface area is 152 Å². The van der Waals surface area contributed by atoms with Gasteiger partial charge in [-0.25, -0.2) is 0 Å². The molecule has 0 aliphatic carbocycles. The van der Waals surface area contributed by atoms with Crippen molar-refractivity contribution in [1.29, 1.82) is 0 Å². The number of aliphatic hydroxyl groups is 2. The van der Waals surface area contributed by atoms with E-state index in [1.807, 2.05) is 12.1 Å². The van der Waals surface area contributed by atoms with Crippen LogP contribution in [0.25, 0.3) is 0 Å². The Hall–Kier alpha value is -2.63. The summed E-state index contributed by atoms with van der Waals surface area (Å²) in [5, 5.41) is 19.5. The van der Waals surface area contributed by atoms with Crippen LogP contribution in [0.5, 0.6) is 0 Å². The van der Waals surface area contributed by atoms with Crippen LogP contribution in [-0.4, -0.2) is 39.3 Å². The van der Waals surface area contributed by atoms with Gasteiger partial charge in [-0.15, -0.1) is 0 Å². The van der Waals surface area contributed by atoms with Gasteiger partial charge in [0.05, 0.1) is 0 Å². The van der Waals surface area contributed by atoms with Crippen LogP contribution in [0.1, 0.15) is 52.6 Å². The molecule has 0 heterocycles. The molecule has 0 saturated heterocycles. The molecule has 136 valence electrons. The summed E-state index contributed by atoms with van der Waals surface area (Å²) in [7, 11) is 0. The van der Waals surface area contributed by atoms with E-state index in [9.17, 15) is 24.6 Å². The van der Waals surface area contributed by atoms with E-state index in [4.69, 9.17) is 0 Å². The van der Waals surface area contributed by atoms with Crippen molar-refractivity contribution < 1.29 is 24.6 Å².